The number of pyridine rings is 1. The third-order valence-electron chi connectivity index (χ3n) is 10.2. The van der Waals surface area contributed by atoms with Crippen molar-refractivity contribution < 1.29 is 32.9 Å². The maximum absolute atomic E-state index is 16.9. The molecule has 9 nitrogen and oxygen atoms in total. The van der Waals surface area contributed by atoms with Gasteiger partial charge in [0.25, 0.3) is 0 Å². The molecule has 0 bridgehead atoms. The molecule has 238 valence electrons. The van der Waals surface area contributed by atoms with Gasteiger partial charge in [-0.2, -0.15) is 9.97 Å². The molecule has 6 heterocycles. The number of ether oxygens (including phenoxy) is 2. The molecule has 3 fully saturated rings. The number of piperidine rings is 1. The lowest BCUT2D eigenvalue weighted by Crippen LogP contribution is -2.58. The normalized spacial score (nSPS) is 27.3. The van der Waals surface area contributed by atoms with Gasteiger partial charge in [0.2, 0.25) is 5.88 Å². The van der Waals surface area contributed by atoms with E-state index in [4.69, 9.17) is 20.9 Å². The van der Waals surface area contributed by atoms with Gasteiger partial charge in [0, 0.05) is 30.5 Å². The van der Waals surface area contributed by atoms with Gasteiger partial charge in [-0.1, -0.05) is 12.0 Å². The van der Waals surface area contributed by atoms with Crippen LogP contribution in [0.4, 0.5) is 19.0 Å². The molecule has 12 heteroatoms. The van der Waals surface area contributed by atoms with Gasteiger partial charge < -0.3 is 24.6 Å². The Bertz CT molecular complexity index is 1970. The van der Waals surface area contributed by atoms with Gasteiger partial charge in [0.15, 0.2) is 5.82 Å². The van der Waals surface area contributed by atoms with Crippen LogP contribution in [0, 0.1) is 24.0 Å². The Balaban J connectivity index is 1.34. The second-order valence-corrected chi connectivity index (χ2v) is 13.1. The average Bonchev–Trinajstić information content (AvgIpc) is 3.49. The predicted molar refractivity (Wildman–Crippen MR) is 165 cm³/mol. The first-order valence-electron chi connectivity index (χ1n) is 15.6. The first-order chi connectivity index (χ1) is 22.1. The van der Waals surface area contributed by atoms with Crippen molar-refractivity contribution in [3.8, 4) is 41.2 Å². The molecule has 2 N–H and O–H groups in total. The summed E-state index contributed by atoms with van der Waals surface area (Å²) in [5, 5.41) is 22.8. The third-order valence-corrected chi connectivity index (χ3v) is 10.2. The molecule has 0 unspecified atom stereocenters. The van der Waals surface area contributed by atoms with Crippen molar-refractivity contribution in [2.45, 2.75) is 62.4 Å². The van der Waals surface area contributed by atoms with E-state index in [-0.39, 0.29) is 64.0 Å². The first kappa shape index (κ1) is 29.1. The summed E-state index contributed by atoms with van der Waals surface area (Å²) in [5.74, 6) is 0.923. The molecule has 3 saturated heterocycles. The monoisotopic (exact) mass is 631 g/mol. The Morgan fingerprint density at radius 1 is 1.13 bits per heavy atom. The van der Waals surface area contributed by atoms with Crippen molar-refractivity contribution in [3.63, 3.8) is 0 Å². The molecule has 4 aliphatic heterocycles. The van der Waals surface area contributed by atoms with E-state index in [2.05, 4.69) is 20.8 Å². The fourth-order valence-corrected chi connectivity index (χ4v) is 8.01. The fourth-order valence-electron chi connectivity index (χ4n) is 8.01. The van der Waals surface area contributed by atoms with E-state index < -0.39 is 35.0 Å². The van der Waals surface area contributed by atoms with Crippen LogP contribution in [0.5, 0.6) is 17.6 Å². The minimum Gasteiger partial charge on any atom is -0.508 e. The molecule has 46 heavy (non-hydrogen) atoms. The summed E-state index contributed by atoms with van der Waals surface area (Å²) < 4.78 is 58.8. The maximum atomic E-state index is 16.9. The minimum atomic E-state index is -1.15. The largest absolute Gasteiger partial charge is 0.508 e. The van der Waals surface area contributed by atoms with Crippen LogP contribution in [-0.4, -0.2) is 86.3 Å². The molecule has 0 radical (unpaired) electrons. The number of alkyl halides is 1. The SMILES string of the molecule is C#Cc1c(F)ccc2cc(O)cc(-c3nc4c5c(nc(OC[C@@]67CCCN6C[C@H](F)C7)nc5c3F)N3CCC[C@](C)(O)[C@@H]3CO4)c12. The van der Waals surface area contributed by atoms with Gasteiger partial charge in [-0.15, -0.1) is 6.42 Å². The molecule has 4 atom stereocenters. The number of fused-ring (bicyclic) bond motifs is 4. The topological polar surface area (TPSA) is 104 Å². The average molecular weight is 632 g/mol. The Labute approximate surface area is 263 Å². The zero-order valence-corrected chi connectivity index (χ0v) is 25.2. The van der Waals surface area contributed by atoms with Crippen LogP contribution in [0.15, 0.2) is 24.3 Å². The van der Waals surface area contributed by atoms with E-state index in [1.165, 1.54) is 24.3 Å². The number of halogens is 3. The molecule has 0 amide bonds. The van der Waals surface area contributed by atoms with Crippen molar-refractivity contribution in [2.75, 3.05) is 37.7 Å². The standard InChI is InChI=1S/C34H32F3N5O4/c1-3-21-23(36)7-6-18-12-20(43)13-22(25(18)21)28-27(37)29-26-30(42-11-4-8-33(2,44)24(42)16-45-31(26)38-28)40-32(39-29)46-17-34-9-5-10-41(34)15-19(35)14-34/h1,6-7,12-13,19,24,43-44H,4-5,8-11,14-17H2,2H3/t19-,24+,33+,34+/m1/s1. The highest BCUT2D eigenvalue weighted by Gasteiger charge is 2.50. The highest BCUT2D eigenvalue weighted by atomic mass is 19.1. The molecular weight excluding hydrogens is 599 g/mol. The highest BCUT2D eigenvalue weighted by Crippen LogP contribution is 2.46. The number of aromatic hydroxyl groups is 1. The summed E-state index contributed by atoms with van der Waals surface area (Å²) >= 11 is 0. The van der Waals surface area contributed by atoms with E-state index in [0.29, 0.717) is 43.6 Å². The Morgan fingerprint density at radius 3 is 2.78 bits per heavy atom. The number of phenols is 1. The first-order valence-corrected chi connectivity index (χ1v) is 15.6. The molecule has 4 aliphatic rings. The van der Waals surface area contributed by atoms with E-state index in [0.717, 1.165) is 19.4 Å². The van der Waals surface area contributed by atoms with Crippen molar-refractivity contribution in [1.29, 1.82) is 0 Å². The zero-order chi connectivity index (χ0) is 32.0. The van der Waals surface area contributed by atoms with Crippen LogP contribution in [0.25, 0.3) is 32.9 Å². The molecule has 2 aromatic heterocycles. The fraction of sp³-hybridized carbons (Fsp3) is 0.441. The molecule has 8 rings (SSSR count). The van der Waals surface area contributed by atoms with E-state index >= 15 is 4.39 Å². The lowest BCUT2D eigenvalue weighted by molar-refractivity contribution is -0.00713. The maximum Gasteiger partial charge on any atom is 0.319 e. The van der Waals surface area contributed by atoms with Crippen LogP contribution in [-0.2, 0) is 0 Å². The summed E-state index contributed by atoms with van der Waals surface area (Å²) in [6.45, 7) is 3.52. The zero-order valence-electron chi connectivity index (χ0n) is 25.2. The lowest BCUT2D eigenvalue weighted by Gasteiger charge is -2.44. The number of nitrogens with zero attached hydrogens (tertiary/aromatic N) is 5. The highest BCUT2D eigenvalue weighted by molar-refractivity contribution is 6.04. The smallest absolute Gasteiger partial charge is 0.319 e. The molecule has 2 aromatic carbocycles. The Kier molecular flexibility index (Phi) is 6.54. The predicted octanol–water partition coefficient (Wildman–Crippen LogP) is 4.88. The summed E-state index contributed by atoms with van der Waals surface area (Å²) in [6.07, 6.45) is 7.94. The number of terminal acetylenes is 1. The van der Waals surface area contributed by atoms with Crippen molar-refractivity contribution in [1.82, 2.24) is 19.9 Å². The summed E-state index contributed by atoms with van der Waals surface area (Å²) in [4.78, 5) is 17.8. The summed E-state index contributed by atoms with van der Waals surface area (Å²) in [6, 6.07) is 4.68. The number of phenolic OH excluding ortho intramolecular Hbond substituents is 1. The number of rotatable bonds is 4. The van der Waals surface area contributed by atoms with E-state index in [1.807, 2.05) is 4.90 Å². The Hall–Kier alpha value is -4.34. The number of benzene rings is 2. The third kappa shape index (κ3) is 4.36. The van der Waals surface area contributed by atoms with Crippen LogP contribution in [0.2, 0.25) is 0 Å². The molecule has 0 saturated carbocycles. The number of hydrogen-bond acceptors (Lipinski definition) is 9. The molecule has 0 spiro atoms. The number of aromatic nitrogens is 3. The number of anilines is 1. The second kappa shape index (κ2) is 10.3. The summed E-state index contributed by atoms with van der Waals surface area (Å²) in [5.41, 5.74) is -2.11. The van der Waals surface area contributed by atoms with Crippen LogP contribution in [0.3, 0.4) is 0 Å². The van der Waals surface area contributed by atoms with Gasteiger partial charge in [-0.25, -0.2) is 18.2 Å². The Morgan fingerprint density at radius 2 is 1.96 bits per heavy atom. The van der Waals surface area contributed by atoms with Crippen molar-refractivity contribution in [2.24, 2.45) is 0 Å². The van der Waals surface area contributed by atoms with Gasteiger partial charge in [-0.05, 0) is 62.7 Å². The van der Waals surface area contributed by atoms with E-state index in [9.17, 15) is 19.0 Å². The van der Waals surface area contributed by atoms with Crippen LogP contribution >= 0.6 is 0 Å². The van der Waals surface area contributed by atoms with E-state index in [1.54, 1.807) is 6.92 Å². The van der Waals surface area contributed by atoms with Crippen LogP contribution < -0.4 is 14.4 Å². The molecule has 0 aliphatic carbocycles. The second-order valence-electron chi connectivity index (χ2n) is 13.1. The lowest BCUT2D eigenvalue weighted by atomic mass is 9.86. The van der Waals surface area contributed by atoms with Gasteiger partial charge in [-0.3, -0.25) is 4.90 Å². The number of hydrogen-bond donors (Lipinski definition) is 2. The van der Waals surface area contributed by atoms with Crippen molar-refractivity contribution in [3.05, 3.63) is 41.5 Å². The van der Waals surface area contributed by atoms with Gasteiger partial charge in [0.05, 0.1) is 22.7 Å². The van der Waals surface area contributed by atoms with Crippen molar-refractivity contribution >= 4 is 27.5 Å². The molecular formula is C34H32F3N5O4. The number of aliphatic hydroxyl groups is 1. The van der Waals surface area contributed by atoms with Gasteiger partial charge in [0.1, 0.15) is 53.4 Å². The van der Waals surface area contributed by atoms with Crippen LogP contribution in [0.1, 0.15) is 44.6 Å². The summed E-state index contributed by atoms with van der Waals surface area (Å²) in [7, 11) is 0. The minimum absolute atomic E-state index is 0.0185. The van der Waals surface area contributed by atoms with Gasteiger partial charge >= 0.3 is 6.01 Å². The molecule has 4 aromatic rings. The quantitative estimate of drug-likeness (QED) is 0.305.